The van der Waals surface area contributed by atoms with E-state index in [4.69, 9.17) is 5.26 Å². The first-order chi connectivity index (χ1) is 8.13. The average molecular weight is 229 g/mol. The van der Waals surface area contributed by atoms with Crippen LogP contribution in [0.4, 0.5) is 5.69 Å². The van der Waals surface area contributed by atoms with E-state index in [1.54, 1.807) is 6.20 Å². The first-order valence-electron chi connectivity index (χ1n) is 6.25. The summed E-state index contributed by atoms with van der Waals surface area (Å²) in [7, 11) is 0. The van der Waals surface area contributed by atoms with Gasteiger partial charge in [0.25, 0.3) is 0 Å². The summed E-state index contributed by atoms with van der Waals surface area (Å²) in [5, 5.41) is 12.5. The fraction of sp³-hybridized carbons (Fsp3) is 0.571. The number of anilines is 1. The van der Waals surface area contributed by atoms with Gasteiger partial charge in [0.2, 0.25) is 0 Å². The Kier molecular flexibility index (Phi) is 3.33. The van der Waals surface area contributed by atoms with Gasteiger partial charge in [0, 0.05) is 12.2 Å². The van der Waals surface area contributed by atoms with Gasteiger partial charge in [-0.3, -0.25) is 0 Å². The quantitative estimate of drug-likeness (QED) is 0.846. The van der Waals surface area contributed by atoms with E-state index < -0.39 is 0 Å². The van der Waals surface area contributed by atoms with Crippen molar-refractivity contribution in [3.63, 3.8) is 0 Å². The summed E-state index contributed by atoms with van der Waals surface area (Å²) < 4.78 is 0. The molecular weight excluding hydrogens is 210 g/mol. The Morgan fingerprint density at radius 3 is 3.00 bits per heavy atom. The molecule has 3 nitrogen and oxygen atoms in total. The molecule has 1 N–H and O–H groups in total. The SMILES string of the molecule is CC1(C)CCCCC1Nc1cccnc1C#N. The molecule has 1 saturated carbocycles. The normalized spacial score (nSPS) is 22.8. The molecule has 0 aromatic carbocycles. The van der Waals surface area contributed by atoms with Crippen LogP contribution in [0.3, 0.4) is 0 Å². The van der Waals surface area contributed by atoms with Crippen molar-refractivity contribution in [3.8, 4) is 6.07 Å². The van der Waals surface area contributed by atoms with Crippen LogP contribution in [0.5, 0.6) is 0 Å². The summed E-state index contributed by atoms with van der Waals surface area (Å²) in [6, 6.07) is 6.39. The van der Waals surface area contributed by atoms with Crippen LogP contribution >= 0.6 is 0 Å². The van der Waals surface area contributed by atoms with Crippen molar-refractivity contribution >= 4 is 5.69 Å². The van der Waals surface area contributed by atoms with Gasteiger partial charge in [-0.1, -0.05) is 26.7 Å². The summed E-state index contributed by atoms with van der Waals surface area (Å²) >= 11 is 0. The summed E-state index contributed by atoms with van der Waals surface area (Å²) in [4.78, 5) is 4.09. The topological polar surface area (TPSA) is 48.7 Å². The molecule has 0 bridgehead atoms. The van der Waals surface area contributed by atoms with Gasteiger partial charge in [0.05, 0.1) is 5.69 Å². The van der Waals surface area contributed by atoms with E-state index >= 15 is 0 Å². The van der Waals surface area contributed by atoms with Crippen LogP contribution in [0.2, 0.25) is 0 Å². The molecule has 1 fully saturated rings. The predicted molar refractivity (Wildman–Crippen MR) is 68.6 cm³/mol. The zero-order chi connectivity index (χ0) is 12.3. The molecule has 0 radical (unpaired) electrons. The monoisotopic (exact) mass is 229 g/mol. The van der Waals surface area contributed by atoms with Crippen LogP contribution in [-0.2, 0) is 0 Å². The Hall–Kier alpha value is -1.56. The highest BCUT2D eigenvalue weighted by Crippen LogP contribution is 2.37. The lowest BCUT2D eigenvalue weighted by Gasteiger charge is -2.39. The molecule has 0 saturated heterocycles. The Balaban J connectivity index is 2.17. The maximum absolute atomic E-state index is 9.03. The van der Waals surface area contributed by atoms with Crippen molar-refractivity contribution < 1.29 is 0 Å². The molecule has 0 spiro atoms. The number of aromatic nitrogens is 1. The number of rotatable bonds is 2. The van der Waals surface area contributed by atoms with Crippen LogP contribution in [-0.4, -0.2) is 11.0 Å². The molecule has 1 atom stereocenters. The summed E-state index contributed by atoms with van der Waals surface area (Å²) in [5.74, 6) is 0. The first-order valence-corrected chi connectivity index (χ1v) is 6.25. The molecule has 1 heterocycles. The summed E-state index contributed by atoms with van der Waals surface area (Å²) in [6.07, 6.45) is 6.65. The van der Waals surface area contributed by atoms with Crippen molar-refractivity contribution in [1.82, 2.24) is 4.98 Å². The van der Waals surface area contributed by atoms with Crippen LogP contribution in [0.25, 0.3) is 0 Å². The molecule has 17 heavy (non-hydrogen) atoms. The van der Waals surface area contributed by atoms with Gasteiger partial charge in [-0.15, -0.1) is 0 Å². The van der Waals surface area contributed by atoms with E-state index in [0.717, 1.165) is 5.69 Å². The highest BCUT2D eigenvalue weighted by molar-refractivity contribution is 5.54. The minimum atomic E-state index is 0.292. The third kappa shape index (κ3) is 2.58. The second-order valence-corrected chi connectivity index (χ2v) is 5.44. The maximum atomic E-state index is 9.03. The summed E-state index contributed by atoms with van der Waals surface area (Å²) in [6.45, 7) is 4.60. The molecule has 1 aromatic heterocycles. The number of pyridine rings is 1. The zero-order valence-corrected chi connectivity index (χ0v) is 10.5. The maximum Gasteiger partial charge on any atom is 0.163 e. The van der Waals surface area contributed by atoms with E-state index in [1.807, 2.05) is 12.1 Å². The molecule has 2 rings (SSSR count). The van der Waals surface area contributed by atoms with Crippen molar-refractivity contribution in [1.29, 1.82) is 5.26 Å². The highest BCUT2D eigenvalue weighted by atomic mass is 15.0. The molecule has 1 unspecified atom stereocenters. The van der Waals surface area contributed by atoms with Crippen LogP contribution in [0.1, 0.15) is 45.2 Å². The van der Waals surface area contributed by atoms with Gasteiger partial charge in [0.15, 0.2) is 5.69 Å². The highest BCUT2D eigenvalue weighted by Gasteiger charge is 2.32. The first kappa shape index (κ1) is 11.9. The molecule has 1 aliphatic carbocycles. The third-order valence-electron chi connectivity index (χ3n) is 3.75. The molecule has 0 amide bonds. The van der Waals surface area contributed by atoms with Crippen molar-refractivity contribution in [2.24, 2.45) is 5.41 Å². The fourth-order valence-electron chi connectivity index (χ4n) is 2.56. The number of nitrogens with one attached hydrogen (secondary N) is 1. The minimum Gasteiger partial charge on any atom is -0.379 e. The predicted octanol–water partition coefficient (Wildman–Crippen LogP) is 3.33. The fourth-order valence-corrected chi connectivity index (χ4v) is 2.56. The number of nitrogens with zero attached hydrogens (tertiary/aromatic N) is 2. The third-order valence-corrected chi connectivity index (χ3v) is 3.75. The van der Waals surface area contributed by atoms with E-state index in [0.29, 0.717) is 17.2 Å². The number of nitriles is 1. The van der Waals surface area contributed by atoms with Crippen LogP contribution < -0.4 is 5.32 Å². The molecule has 1 aromatic rings. The molecule has 90 valence electrons. The average Bonchev–Trinajstić information content (AvgIpc) is 2.32. The molecular formula is C14H19N3. The van der Waals surface area contributed by atoms with Crippen molar-refractivity contribution in [3.05, 3.63) is 24.0 Å². The smallest absolute Gasteiger partial charge is 0.163 e. The van der Waals surface area contributed by atoms with Gasteiger partial charge >= 0.3 is 0 Å². The Labute approximate surface area is 103 Å². The van der Waals surface area contributed by atoms with Crippen LogP contribution in [0.15, 0.2) is 18.3 Å². The molecule has 0 aliphatic heterocycles. The van der Waals surface area contributed by atoms with Gasteiger partial charge in [0.1, 0.15) is 6.07 Å². The second kappa shape index (κ2) is 4.75. The van der Waals surface area contributed by atoms with E-state index in [2.05, 4.69) is 30.2 Å². The molecule has 1 aliphatic rings. The Morgan fingerprint density at radius 2 is 2.29 bits per heavy atom. The van der Waals surface area contributed by atoms with Crippen molar-refractivity contribution in [2.45, 2.75) is 45.6 Å². The van der Waals surface area contributed by atoms with E-state index in [9.17, 15) is 0 Å². The van der Waals surface area contributed by atoms with Crippen molar-refractivity contribution in [2.75, 3.05) is 5.32 Å². The lowest BCUT2D eigenvalue weighted by Crippen LogP contribution is -2.39. The van der Waals surface area contributed by atoms with Gasteiger partial charge in [-0.2, -0.15) is 5.26 Å². The van der Waals surface area contributed by atoms with Gasteiger partial charge in [-0.05, 0) is 30.4 Å². The Morgan fingerprint density at radius 1 is 1.47 bits per heavy atom. The standard InChI is InChI=1S/C14H19N3/c1-14(2)8-4-3-7-13(14)17-11-6-5-9-16-12(11)10-15/h5-6,9,13,17H,3-4,7-8H2,1-2H3. The summed E-state index contributed by atoms with van der Waals surface area (Å²) in [5.41, 5.74) is 1.66. The number of hydrogen-bond donors (Lipinski definition) is 1. The van der Waals surface area contributed by atoms with Gasteiger partial charge in [-0.25, -0.2) is 4.98 Å². The lowest BCUT2D eigenvalue weighted by molar-refractivity contribution is 0.217. The number of hydrogen-bond acceptors (Lipinski definition) is 3. The van der Waals surface area contributed by atoms with Gasteiger partial charge < -0.3 is 5.32 Å². The van der Waals surface area contributed by atoms with Crippen LogP contribution in [0, 0.1) is 16.7 Å². The zero-order valence-electron chi connectivity index (χ0n) is 10.5. The lowest BCUT2D eigenvalue weighted by atomic mass is 9.73. The largest absolute Gasteiger partial charge is 0.379 e. The minimum absolute atomic E-state index is 0.292. The second-order valence-electron chi connectivity index (χ2n) is 5.44. The van der Waals surface area contributed by atoms with E-state index in [1.165, 1.54) is 25.7 Å². The van der Waals surface area contributed by atoms with E-state index in [-0.39, 0.29) is 0 Å². The Bertz CT molecular complexity index is 431. The molecule has 3 heteroatoms.